The number of anilines is 1. The second-order valence-corrected chi connectivity index (χ2v) is 3.77. The van der Waals surface area contributed by atoms with Gasteiger partial charge in [-0.1, -0.05) is 12.1 Å². The van der Waals surface area contributed by atoms with Gasteiger partial charge in [-0.05, 0) is 19.9 Å². The zero-order valence-corrected chi connectivity index (χ0v) is 9.73. The van der Waals surface area contributed by atoms with E-state index in [0.29, 0.717) is 5.52 Å². The summed E-state index contributed by atoms with van der Waals surface area (Å²) >= 11 is 0. The second-order valence-electron chi connectivity index (χ2n) is 3.77. The number of rotatable bonds is 3. The Morgan fingerprint density at radius 2 is 2.24 bits per heavy atom. The third kappa shape index (κ3) is 2.04. The predicted molar refractivity (Wildman–Crippen MR) is 67.3 cm³/mol. The molecule has 5 nitrogen and oxygen atoms in total. The number of hydrogen-bond donors (Lipinski definition) is 1. The molecule has 0 unspecified atom stereocenters. The third-order valence-corrected chi connectivity index (χ3v) is 2.51. The number of nitrogens with one attached hydrogen (secondary N) is 1. The van der Waals surface area contributed by atoms with E-state index in [-0.39, 0.29) is 5.69 Å². The molecule has 0 bridgehead atoms. The van der Waals surface area contributed by atoms with Gasteiger partial charge in [0.1, 0.15) is 0 Å². The smallest absolute Gasteiger partial charge is 0.295 e. The van der Waals surface area contributed by atoms with Gasteiger partial charge in [-0.2, -0.15) is 0 Å². The number of hydrogen-bond acceptors (Lipinski definition) is 4. The molecule has 0 fully saturated rings. The van der Waals surface area contributed by atoms with E-state index >= 15 is 0 Å². The minimum atomic E-state index is -0.398. The quantitative estimate of drug-likeness (QED) is 0.651. The molecule has 2 rings (SSSR count). The van der Waals surface area contributed by atoms with Crippen LogP contribution in [0.3, 0.4) is 0 Å². The van der Waals surface area contributed by atoms with Crippen LogP contribution in [-0.2, 0) is 0 Å². The summed E-state index contributed by atoms with van der Waals surface area (Å²) in [5.41, 5.74) is 2.14. The van der Waals surface area contributed by atoms with Crippen molar-refractivity contribution in [3.63, 3.8) is 0 Å². The van der Waals surface area contributed by atoms with Crippen molar-refractivity contribution < 1.29 is 4.92 Å². The number of benzene rings is 1. The highest BCUT2D eigenvalue weighted by atomic mass is 16.6. The standard InChI is InChI=1S/C12H13N3O2/c1-3-13-10-7-8(2)14-12-9(10)5-4-6-11(12)15(16)17/h4-7H,3H2,1-2H3,(H,13,14). The van der Waals surface area contributed by atoms with E-state index in [4.69, 9.17) is 0 Å². The molecular weight excluding hydrogens is 218 g/mol. The lowest BCUT2D eigenvalue weighted by atomic mass is 10.1. The number of non-ortho nitro benzene ring substituents is 1. The van der Waals surface area contributed by atoms with Crippen molar-refractivity contribution in [1.82, 2.24) is 4.98 Å². The van der Waals surface area contributed by atoms with Gasteiger partial charge in [0, 0.05) is 29.4 Å². The molecule has 0 aliphatic carbocycles. The number of pyridine rings is 1. The summed E-state index contributed by atoms with van der Waals surface area (Å²) in [6.07, 6.45) is 0. The Morgan fingerprint density at radius 1 is 1.47 bits per heavy atom. The van der Waals surface area contributed by atoms with Crippen molar-refractivity contribution in [2.45, 2.75) is 13.8 Å². The van der Waals surface area contributed by atoms with Gasteiger partial charge in [-0.25, -0.2) is 4.98 Å². The first-order chi connectivity index (χ1) is 8.13. The summed E-state index contributed by atoms with van der Waals surface area (Å²) < 4.78 is 0. The number of fused-ring (bicyclic) bond motifs is 1. The predicted octanol–water partition coefficient (Wildman–Crippen LogP) is 2.88. The largest absolute Gasteiger partial charge is 0.385 e. The maximum absolute atomic E-state index is 10.9. The fourth-order valence-corrected chi connectivity index (χ4v) is 1.85. The van der Waals surface area contributed by atoms with Crippen molar-refractivity contribution in [3.8, 4) is 0 Å². The van der Waals surface area contributed by atoms with Crippen LogP contribution in [0.5, 0.6) is 0 Å². The van der Waals surface area contributed by atoms with Gasteiger partial charge in [0.15, 0.2) is 5.52 Å². The molecule has 0 aliphatic heterocycles. The highest BCUT2D eigenvalue weighted by Crippen LogP contribution is 2.29. The number of nitro groups is 1. The molecule has 0 atom stereocenters. The zero-order chi connectivity index (χ0) is 12.4. The number of para-hydroxylation sites is 1. The Morgan fingerprint density at radius 3 is 2.88 bits per heavy atom. The van der Waals surface area contributed by atoms with E-state index in [1.165, 1.54) is 6.07 Å². The monoisotopic (exact) mass is 231 g/mol. The van der Waals surface area contributed by atoms with E-state index in [1.54, 1.807) is 6.07 Å². The van der Waals surface area contributed by atoms with Gasteiger partial charge >= 0.3 is 0 Å². The third-order valence-electron chi connectivity index (χ3n) is 2.51. The SMILES string of the molecule is CCNc1cc(C)nc2c([N+](=O)[O-])cccc12. The topological polar surface area (TPSA) is 68.1 Å². The van der Waals surface area contributed by atoms with Crippen LogP contribution in [0.15, 0.2) is 24.3 Å². The molecule has 88 valence electrons. The molecule has 1 aromatic heterocycles. The Balaban J connectivity index is 2.78. The number of nitro benzene ring substituents is 1. The maximum Gasteiger partial charge on any atom is 0.295 e. The average molecular weight is 231 g/mol. The van der Waals surface area contributed by atoms with Crippen LogP contribution in [0.1, 0.15) is 12.6 Å². The van der Waals surface area contributed by atoms with Crippen LogP contribution in [0.2, 0.25) is 0 Å². The van der Waals surface area contributed by atoms with E-state index in [1.807, 2.05) is 26.0 Å². The minimum absolute atomic E-state index is 0.0466. The van der Waals surface area contributed by atoms with Crippen molar-refractivity contribution in [3.05, 3.63) is 40.1 Å². The zero-order valence-electron chi connectivity index (χ0n) is 9.73. The van der Waals surface area contributed by atoms with Gasteiger partial charge in [-0.15, -0.1) is 0 Å². The molecular formula is C12H13N3O2. The van der Waals surface area contributed by atoms with Crippen LogP contribution in [0, 0.1) is 17.0 Å². The maximum atomic E-state index is 10.9. The molecule has 0 radical (unpaired) electrons. The molecule has 0 saturated carbocycles. The molecule has 0 amide bonds. The summed E-state index contributed by atoms with van der Waals surface area (Å²) in [6.45, 7) is 4.58. The number of aryl methyl sites for hydroxylation is 1. The van der Waals surface area contributed by atoms with Gasteiger partial charge in [-0.3, -0.25) is 10.1 Å². The van der Waals surface area contributed by atoms with Crippen LogP contribution < -0.4 is 5.32 Å². The second kappa shape index (κ2) is 4.37. The summed E-state index contributed by atoms with van der Waals surface area (Å²) in [6, 6.07) is 6.89. The van der Waals surface area contributed by atoms with Crippen LogP contribution in [-0.4, -0.2) is 16.5 Å². The van der Waals surface area contributed by atoms with Gasteiger partial charge in [0.05, 0.1) is 4.92 Å². The van der Waals surface area contributed by atoms with Crippen LogP contribution in [0.4, 0.5) is 11.4 Å². The van der Waals surface area contributed by atoms with Gasteiger partial charge < -0.3 is 5.32 Å². The summed E-state index contributed by atoms with van der Waals surface area (Å²) in [5.74, 6) is 0. The summed E-state index contributed by atoms with van der Waals surface area (Å²) in [5, 5.41) is 14.9. The Labute approximate surface area is 98.6 Å². The van der Waals surface area contributed by atoms with Crippen molar-refractivity contribution in [2.75, 3.05) is 11.9 Å². The molecule has 0 aliphatic rings. The van der Waals surface area contributed by atoms with Gasteiger partial charge in [0.2, 0.25) is 0 Å². The Kier molecular flexibility index (Phi) is 2.91. The van der Waals surface area contributed by atoms with E-state index in [0.717, 1.165) is 23.3 Å². The van der Waals surface area contributed by atoms with Crippen molar-refractivity contribution >= 4 is 22.3 Å². The molecule has 1 N–H and O–H groups in total. The first-order valence-corrected chi connectivity index (χ1v) is 5.42. The number of aromatic nitrogens is 1. The van der Waals surface area contributed by atoms with Crippen molar-refractivity contribution in [2.24, 2.45) is 0 Å². The molecule has 1 aromatic carbocycles. The highest BCUT2D eigenvalue weighted by Gasteiger charge is 2.14. The Bertz CT molecular complexity index is 581. The van der Waals surface area contributed by atoms with Crippen molar-refractivity contribution in [1.29, 1.82) is 0 Å². The van der Waals surface area contributed by atoms with Crippen LogP contribution >= 0.6 is 0 Å². The van der Waals surface area contributed by atoms with E-state index in [9.17, 15) is 10.1 Å². The van der Waals surface area contributed by atoms with Crippen LogP contribution in [0.25, 0.3) is 10.9 Å². The summed E-state index contributed by atoms with van der Waals surface area (Å²) in [7, 11) is 0. The lowest BCUT2D eigenvalue weighted by molar-refractivity contribution is -0.383. The summed E-state index contributed by atoms with van der Waals surface area (Å²) in [4.78, 5) is 14.8. The minimum Gasteiger partial charge on any atom is -0.385 e. The lowest BCUT2D eigenvalue weighted by Crippen LogP contribution is -2.00. The highest BCUT2D eigenvalue weighted by molar-refractivity contribution is 5.96. The Hall–Kier alpha value is -2.17. The molecule has 0 spiro atoms. The lowest BCUT2D eigenvalue weighted by Gasteiger charge is -2.08. The molecule has 1 heterocycles. The normalized spacial score (nSPS) is 10.5. The fraction of sp³-hybridized carbons (Fsp3) is 0.250. The molecule has 5 heteroatoms. The fourth-order valence-electron chi connectivity index (χ4n) is 1.85. The first-order valence-electron chi connectivity index (χ1n) is 5.42. The molecule has 0 saturated heterocycles. The van der Waals surface area contributed by atoms with E-state index < -0.39 is 4.92 Å². The molecule has 2 aromatic rings. The van der Waals surface area contributed by atoms with E-state index in [2.05, 4.69) is 10.3 Å². The molecule has 17 heavy (non-hydrogen) atoms. The number of nitrogens with zero attached hydrogens (tertiary/aromatic N) is 2. The van der Waals surface area contributed by atoms with Gasteiger partial charge in [0.25, 0.3) is 5.69 Å². The first kappa shape index (κ1) is 11.3. The average Bonchev–Trinajstić information content (AvgIpc) is 2.28.